The van der Waals surface area contributed by atoms with Gasteiger partial charge < -0.3 is 5.32 Å². The maximum atomic E-state index is 13.3. The highest BCUT2D eigenvalue weighted by Gasteiger charge is 2.34. The molecule has 10 heteroatoms. The summed E-state index contributed by atoms with van der Waals surface area (Å²) in [7, 11) is 0. The SMILES string of the molecule is Cc1sc2ncnc(S[C@@H](C(=O)Nc3ccc(Cl)c(C(F)(F)F)c3)c3ccccc3)c2c1C. The first-order valence-corrected chi connectivity index (χ1v) is 11.8. The van der Waals surface area contributed by atoms with E-state index in [-0.39, 0.29) is 5.69 Å². The van der Waals surface area contributed by atoms with Crippen LogP contribution in [0.5, 0.6) is 0 Å². The maximum absolute atomic E-state index is 13.3. The van der Waals surface area contributed by atoms with E-state index in [2.05, 4.69) is 15.3 Å². The van der Waals surface area contributed by atoms with Gasteiger partial charge in [0, 0.05) is 16.0 Å². The number of hydrogen-bond donors (Lipinski definition) is 1. The molecule has 0 radical (unpaired) electrons. The van der Waals surface area contributed by atoms with Crippen LogP contribution in [0, 0.1) is 13.8 Å². The van der Waals surface area contributed by atoms with E-state index in [9.17, 15) is 18.0 Å². The number of fused-ring (bicyclic) bond motifs is 1. The summed E-state index contributed by atoms with van der Waals surface area (Å²) in [6, 6.07) is 12.3. The third kappa shape index (κ3) is 5.00. The van der Waals surface area contributed by atoms with Gasteiger partial charge in [0.25, 0.3) is 0 Å². The van der Waals surface area contributed by atoms with Gasteiger partial charge in [-0.1, -0.05) is 53.7 Å². The molecule has 0 saturated heterocycles. The van der Waals surface area contributed by atoms with Gasteiger partial charge in [-0.15, -0.1) is 11.3 Å². The molecule has 170 valence electrons. The fraction of sp³-hybridized carbons (Fsp3) is 0.174. The number of halogens is 4. The monoisotopic (exact) mass is 507 g/mol. The molecule has 0 aliphatic heterocycles. The molecule has 0 saturated carbocycles. The van der Waals surface area contributed by atoms with Crippen molar-refractivity contribution in [2.75, 3.05) is 5.32 Å². The largest absolute Gasteiger partial charge is 0.417 e. The Morgan fingerprint density at radius 1 is 1.12 bits per heavy atom. The molecular formula is C23H17ClF3N3OS2. The van der Waals surface area contributed by atoms with Crippen molar-refractivity contribution < 1.29 is 18.0 Å². The average Bonchev–Trinajstić information content (AvgIpc) is 3.07. The number of carbonyl (C=O) groups is 1. The number of nitrogens with zero attached hydrogens (tertiary/aromatic N) is 2. The van der Waals surface area contributed by atoms with Crippen LogP contribution in [-0.2, 0) is 11.0 Å². The Kier molecular flexibility index (Phi) is 6.65. The number of aromatic nitrogens is 2. The van der Waals surface area contributed by atoms with Crippen LogP contribution in [0.2, 0.25) is 5.02 Å². The molecule has 0 fully saturated rings. The van der Waals surface area contributed by atoms with E-state index >= 15 is 0 Å². The minimum atomic E-state index is -4.63. The number of alkyl halides is 3. The van der Waals surface area contributed by atoms with E-state index in [1.807, 2.05) is 19.9 Å². The van der Waals surface area contributed by atoms with Crippen molar-refractivity contribution >= 4 is 56.5 Å². The minimum absolute atomic E-state index is 0.00801. The van der Waals surface area contributed by atoms with Crippen molar-refractivity contribution in [1.82, 2.24) is 9.97 Å². The molecular weight excluding hydrogens is 491 g/mol. The van der Waals surface area contributed by atoms with Gasteiger partial charge in [-0.3, -0.25) is 4.79 Å². The summed E-state index contributed by atoms with van der Waals surface area (Å²) in [4.78, 5) is 24.0. The van der Waals surface area contributed by atoms with Crippen molar-refractivity contribution in [2.45, 2.75) is 30.3 Å². The smallest absolute Gasteiger partial charge is 0.325 e. The highest BCUT2D eigenvalue weighted by Crippen LogP contribution is 2.42. The Bertz CT molecular complexity index is 1330. The fourth-order valence-electron chi connectivity index (χ4n) is 3.28. The summed E-state index contributed by atoms with van der Waals surface area (Å²) in [6.45, 7) is 3.97. The number of thioether (sulfide) groups is 1. The summed E-state index contributed by atoms with van der Waals surface area (Å²) in [6.07, 6.45) is -3.18. The van der Waals surface area contributed by atoms with E-state index in [4.69, 9.17) is 11.6 Å². The molecule has 4 nitrogen and oxygen atoms in total. The number of rotatable bonds is 5. The normalized spacial score (nSPS) is 12.7. The zero-order chi connectivity index (χ0) is 23.8. The third-order valence-electron chi connectivity index (χ3n) is 5.04. The van der Waals surface area contributed by atoms with Crippen LogP contribution in [0.1, 0.15) is 26.8 Å². The summed E-state index contributed by atoms with van der Waals surface area (Å²) < 4.78 is 39.8. The molecule has 33 heavy (non-hydrogen) atoms. The molecule has 1 atom stereocenters. The second kappa shape index (κ2) is 9.32. The number of benzene rings is 2. The van der Waals surface area contributed by atoms with Gasteiger partial charge in [-0.05, 0) is 43.2 Å². The van der Waals surface area contributed by atoms with E-state index < -0.39 is 27.9 Å². The lowest BCUT2D eigenvalue weighted by Gasteiger charge is -2.18. The lowest BCUT2D eigenvalue weighted by molar-refractivity contribution is -0.137. The number of nitrogens with one attached hydrogen (secondary N) is 1. The minimum Gasteiger partial charge on any atom is -0.325 e. The number of aryl methyl sites for hydroxylation is 2. The molecule has 2 aromatic carbocycles. The second-order valence-electron chi connectivity index (χ2n) is 7.23. The van der Waals surface area contributed by atoms with Crippen molar-refractivity contribution in [3.8, 4) is 0 Å². The number of thiophene rings is 1. The molecule has 1 amide bonds. The van der Waals surface area contributed by atoms with E-state index in [0.29, 0.717) is 10.6 Å². The Morgan fingerprint density at radius 3 is 2.55 bits per heavy atom. The van der Waals surface area contributed by atoms with E-state index in [1.165, 1.54) is 24.2 Å². The lowest BCUT2D eigenvalue weighted by Crippen LogP contribution is -2.19. The second-order valence-corrected chi connectivity index (χ2v) is 9.94. The van der Waals surface area contributed by atoms with Gasteiger partial charge in [0.2, 0.25) is 5.91 Å². The molecule has 4 aromatic rings. The molecule has 0 aliphatic carbocycles. The van der Waals surface area contributed by atoms with Crippen LogP contribution < -0.4 is 5.32 Å². The zero-order valence-electron chi connectivity index (χ0n) is 17.4. The third-order valence-corrected chi connectivity index (χ3v) is 7.74. The average molecular weight is 508 g/mol. The standard InChI is InChI=1S/C23H17ClF3N3OS2/c1-12-13(2)32-21-18(12)22(29-11-28-21)33-19(14-6-4-3-5-7-14)20(31)30-15-8-9-17(24)16(10-15)23(25,26)27/h3-11,19H,1-2H3,(H,30,31)/t19-/m1/s1. The summed E-state index contributed by atoms with van der Waals surface area (Å²) in [5, 5.41) is 2.94. The predicted octanol–water partition coefficient (Wildman–Crippen LogP) is 7.45. The Hall–Kier alpha value is -2.62. The molecule has 1 N–H and O–H groups in total. The molecule has 0 aliphatic rings. The van der Waals surface area contributed by atoms with Crippen LogP contribution in [0.4, 0.5) is 18.9 Å². The molecule has 0 unspecified atom stereocenters. The first-order valence-electron chi connectivity index (χ1n) is 9.75. The number of amides is 1. The maximum Gasteiger partial charge on any atom is 0.417 e. The number of hydrogen-bond acceptors (Lipinski definition) is 5. The van der Waals surface area contributed by atoms with Crippen molar-refractivity contribution in [1.29, 1.82) is 0 Å². The van der Waals surface area contributed by atoms with Crippen LogP contribution in [0.3, 0.4) is 0 Å². The van der Waals surface area contributed by atoms with Gasteiger partial charge in [-0.25, -0.2) is 9.97 Å². The number of anilines is 1. The van der Waals surface area contributed by atoms with Gasteiger partial charge in [0.15, 0.2) is 0 Å². The highest BCUT2D eigenvalue weighted by atomic mass is 35.5. The van der Waals surface area contributed by atoms with Gasteiger partial charge >= 0.3 is 6.18 Å². The lowest BCUT2D eigenvalue weighted by atomic mass is 10.1. The van der Waals surface area contributed by atoms with Crippen molar-refractivity contribution in [3.63, 3.8) is 0 Å². The van der Waals surface area contributed by atoms with Gasteiger partial charge in [0.05, 0.1) is 10.6 Å². The fourth-order valence-corrected chi connectivity index (χ4v) is 5.72. The molecule has 2 heterocycles. The topological polar surface area (TPSA) is 54.9 Å². The van der Waals surface area contributed by atoms with Gasteiger partial charge in [0.1, 0.15) is 21.4 Å². The van der Waals surface area contributed by atoms with E-state index in [1.54, 1.807) is 35.6 Å². The molecule has 4 rings (SSSR count). The van der Waals surface area contributed by atoms with Crippen molar-refractivity contribution in [3.05, 3.63) is 81.4 Å². The summed E-state index contributed by atoms with van der Waals surface area (Å²) in [5.41, 5.74) is 0.737. The van der Waals surface area contributed by atoms with Gasteiger partial charge in [-0.2, -0.15) is 13.2 Å². The summed E-state index contributed by atoms with van der Waals surface area (Å²) in [5.74, 6) is -0.474. The van der Waals surface area contributed by atoms with Crippen LogP contribution >= 0.6 is 34.7 Å². The first kappa shape index (κ1) is 23.5. The summed E-state index contributed by atoms with van der Waals surface area (Å²) >= 11 is 8.49. The molecule has 0 bridgehead atoms. The Morgan fingerprint density at radius 2 is 1.85 bits per heavy atom. The Labute approximate surface area is 201 Å². The molecule has 0 spiro atoms. The number of carbonyl (C=O) groups excluding carboxylic acids is 1. The quantitative estimate of drug-likeness (QED) is 0.225. The van der Waals surface area contributed by atoms with Crippen molar-refractivity contribution in [2.24, 2.45) is 0 Å². The highest BCUT2D eigenvalue weighted by molar-refractivity contribution is 8.00. The van der Waals surface area contributed by atoms with Crippen LogP contribution in [-0.4, -0.2) is 15.9 Å². The van der Waals surface area contributed by atoms with Crippen LogP contribution in [0.25, 0.3) is 10.2 Å². The molecule has 2 aromatic heterocycles. The van der Waals surface area contributed by atoms with E-state index in [0.717, 1.165) is 32.8 Å². The zero-order valence-corrected chi connectivity index (χ0v) is 19.8. The first-order chi connectivity index (χ1) is 15.6. The van der Waals surface area contributed by atoms with Crippen LogP contribution in [0.15, 0.2) is 59.9 Å². The predicted molar refractivity (Wildman–Crippen MR) is 127 cm³/mol. The Balaban J connectivity index is 1.70.